The molecule has 0 radical (unpaired) electrons. The number of amides is 1. The quantitative estimate of drug-likeness (QED) is 0.742. The number of likely N-dealkylation sites (N-methyl/N-ethyl adjacent to an activating group) is 1. The van der Waals surface area contributed by atoms with E-state index in [0.717, 1.165) is 17.1 Å². The van der Waals surface area contributed by atoms with Crippen LogP contribution < -0.4 is 10.6 Å². The van der Waals surface area contributed by atoms with E-state index < -0.39 is 0 Å². The van der Waals surface area contributed by atoms with Crippen LogP contribution in [0.1, 0.15) is 11.4 Å². The van der Waals surface area contributed by atoms with Gasteiger partial charge in [-0.1, -0.05) is 12.1 Å². The fourth-order valence-electron chi connectivity index (χ4n) is 1.59. The van der Waals surface area contributed by atoms with Crippen LogP contribution in [0.4, 0.5) is 5.69 Å². The van der Waals surface area contributed by atoms with Crippen molar-refractivity contribution >= 4 is 11.6 Å². The highest BCUT2D eigenvalue weighted by molar-refractivity contribution is 5.78. The number of carbonyl (C=O) groups excluding carboxylic acids is 1. The number of rotatable bonds is 5. The fraction of sp³-hybridized carbons (Fsp3) is 0.231. The lowest BCUT2D eigenvalue weighted by Crippen LogP contribution is -2.19. The summed E-state index contributed by atoms with van der Waals surface area (Å²) in [5.74, 6) is 0.913. The SMILES string of the molecule is CNC(=O)Cc1ccc(NCc2ncc[nH]2)cc1. The molecule has 0 aliphatic heterocycles. The van der Waals surface area contributed by atoms with Crippen LogP contribution in [0.2, 0.25) is 0 Å². The molecule has 0 bridgehead atoms. The number of nitrogens with one attached hydrogen (secondary N) is 3. The molecule has 2 aromatic rings. The van der Waals surface area contributed by atoms with Crippen molar-refractivity contribution in [1.82, 2.24) is 15.3 Å². The van der Waals surface area contributed by atoms with Gasteiger partial charge in [0.05, 0.1) is 13.0 Å². The molecule has 0 unspecified atom stereocenters. The van der Waals surface area contributed by atoms with Crippen LogP contribution in [0.15, 0.2) is 36.7 Å². The Bertz CT molecular complexity index is 490. The normalized spacial score (nSPS) is 10.1. The Morgan fingerprint density at radius 3 is 2.72 bits per heavy atom. The Morgan fingerprint density at radius 1 is 1.33 bits per heavy atom. The van der Waals surface area contributed by atoms with Crippen LogP contribution in [0.25, 0.3) is 0 Å². The van der Waals surface area contributed by atoms with Gasteiger partial charge in [-0.05, 0) is 17.7 Å². The van der Waals surface area contributed by atoms with Gasteiger partial charge in [0.1, 0.15) is 5.82 Å². The van der Waals surface area contributed by atoms with Gasteiger partial charge in [-0.25, -0.2) is 4.98 Å². The molecule has 18 heavy (non-hydrogen) atoms. The van der Waals surface area contributed by atoms with Gasteiger partial charge in [-0.15, -0.1) is 0 Å². The number of hydrogen-bond donors (Lipinski definition) is 3. The Kier molecular flexibility index (Phi) is 3.96. The number of hydrogen-bond acceptors (Lipinski definition) is 3. The number of carbonyl (C=O) groups is 1. The van der Waals surface area contributed by atoms with E-state index in [0.29, 0.717) is 13.0 Å². The summed E-state index contributed by atoms with van der Waals surface area (Å²) in [6.07, 6.45) is 3.93. The predicted molar refractivity (Wildman–Crippen MR) is 70.1 cm³/mol. The molecule has 0 saturated heterocycles. The van der Waals surface area contributed by atoms with Crippen molar-refractivity contribution in [1.29, 1.82) is 0 Å². The van der Waals surface area contributed by atoms with E-state index in [-0.39, 0.29) is 5.91 Å². The lowest BCUT2D eigenvalue weighted by molar-refractivity contribution is -0.119. The molecule has 0 atom stereocenters. The zero-order valence-corrected chi connectivity index (χ0v) is 10.2. The summed E-state index contributed by atoms with van der Waals surface area (Å²) >= 11 is 0. The summed E-state index contributed by atoms with van der Waals surface area (Å²) in [4.78, 5) is 18.4. The number of H-pyrrole nitrogens is 1. The molecule has 5 nitrogen and oxygen atoms in total. The van der Waals surface area contributed by atoms with E-state index in [1.165, 1.54) is 0 Å². The van der Waals surface area contributed by atoms with E-state index in [2.05, 4.69) is 20.6 Å². The third-order valence-corrected chi connectivity index (χ3v) is 2.61. The minimum absolute atomic E-state index is 0.0197. The monoisotopic (exact) mass is 244 g/mol. The first-order valence-corrected chi connectivity index (χ1v) is 5.79. The molecule has 0 aliphatic rings. The Morgan fingerprint density at radius 2 is 2.11 bits per heavy atom. The van der Waals surface area contributed by atoms with Gasteiger partial charge in [-0.2, -0.15) is 0 Å². The maximum Gasteiger partial charge on any atom is 0.224 e. The third-order valence-electron chi connectivity index (χ3n) is 2.61. The highest BCUT2D eigenvalue weighted by Gasteiger charge is 2.01. The number of benzene rings is 1. The number of imidazole rings is 1. The molecule has 0 fully saturated rings. The Balaban J connectivity index is 1.89. The predicted octanol–water partition coefficient (Wildman–Crippen LogP) is 1.31. The lowest BCUT2D eigenvalue weighted by Gasteiger charge is -2.06. The first kappa shape index (κ1) is 12.2. The number of aromatic amines is 1. The average Bonchev–Trinajstić information content (AvgIpc) is 2.91. The molecule has 2 rings (SSSR count). The van der Waals surface area contributed by atoms with E-state index in [1.807, 2.05) is 24.3 Å². The molecular formula is C13H16N4O. The van der Waals surface area contributed by atoms with Crippen molar-refractivity contribution < 1.29 is 4.79 Å². The lowest BCUT2D eigenvalue weighted by atomic mass is 10.1. The van der Waals surface area contributed by atoms with Crippen molar-refractivity contribution in [3.8, 4) is 0 Å². The molecule has 1 aromatic carbocycles. The van der Waals surface area contributed by atoms with Crippen molar-refractivity contribution in [2.24, 2.45) is 0 Å². The minimum Gasteiger partial charge on any atom is -0.378 e. The van der Waals surface area contributed by atoms with Crippen LogP contribution in [-0.4, -0.2) is 22.9 Å². The molecule has 3 N–H and O–H groups in total. The van der Waals surface area contributed by atoms with Crippen molar-refractivity contribution in [2.75, 3.05) is 12.4 Å². The van der Waals surface area contributed by atoms with Gasteiger partial charge in [0.25, 0.3) is 0 Å². The second-order valence-corrected chi connectivity index (χ2v) is 3.94. The maximum absolute atomic E-state index is 11.2. The molecule has 0 spiro atoms. The van der Waals surface area contributed by atoms with Crippen LogP contribution in [0.5, 0.6) is 0 Å². The van der Waals surface area contributed by atoms with Gasteiger partial charge in [0.15, 0.2) is 0 Å². The second kappa shape index (κ2) is 5.86. The van der Waals surface area contributed by atoms with Gasteiger partial charge in [-0.3, -0.25) is 4.79 Å². The van der Waals surface area contributed by atoms with Gasteiger partial charge >= 0.3 is 0 Å². The minimum atomic E-state index is 0.0197. The van der Waals surface area contributed by atoms with E-state index in [1.54, 1.807) is 19.4 Å². The van der Waals surface area contributed by atoms with E-state index in [9.17, 15) is 4.79 Å². The summed E-state index contributed by atoms with van der Waals surface area (Å²) in [5, 5.41) is 5.85. The van der Waals surface area contributed by atoms with Crippen LogP contribution in [0, 0.1) is 0 Å². The largest absolute Gasteiger partial charge is 0.378 e. The average molecular weight is 244 g/mol. The van der Waals surface area contributed by atoms with Gasteiger partial charge in [0, 0.05) is 25.1 Å². The summed E-state index contributed by atoms with van der Waals surface area (Å²) in [6, 6.07) is 7.81. The fourth-order valence-corrected chi connectivity index (χ4v) is 1.59. The standard InChI is InChI=1S/C13H16N4O/c1-14-13(18)8-10-2-4-11(5-3-10)17-9-12-15-6-7-16-12/h2-7,17H,8-9H2,1H3,(H,14,18)(H,15,16). The summed E-state index contributed by atoms with van der Waals surface area (Å²) in [7, 11) is 1.64. The molecule has 5 heteroatoms. The van der Waals surface area contributed by atoms with E-state index >= 15 is 0 Å². The molecule has 1 heterocycles. The van der Waals surface area contributed by atoms with E-state index in [4.69, 9.17) is 0 Å². The van der Waals surface area contributed by atoms with Gasteiger partial charge < -0.3 is 15.6 Å². The Hall–Kier alpha value is -2.30. The molecule has 1 amide bonds. The van der Waals surface area contributed by atoms with Crippen molar-refractivity contribution in [3.05, 3.63) is 48.0 Å². The molecule has 1 aromatic heterocycles. The highest BCUT2D eigenvalue weighted by Crippen LogP contribution is 2.10. The summed E-state index contributed by atoms with van der Waals surface area (Å²) < 4.78 is 0. The maximum atomic E-state index is 11.2. The van der Waals surface area contributed by atoms with Gasteiger partial charge in [0.2, 0.25) is 5.91 Å². The number of nitrogens with zero attached hydrogens (tertiary/aromatic N) is 1. The summed E-state index contributed by atoms with van der Waals surface area (Å²) in [5.41, 5.74) is 2.00. The molecule has 94 valence electrons. The third kappa shape index (κ3) is 3.35. The number of anilines is 1. The number of aromatic nitrogens is 2. The molecule has 0 saturated carbocycles. The highest BCUT2D eigenvalue weighted by atomic mass is 16.1. The van der Waals surface area contributed by atoms with Crippen molar-refractivity contribution in [2.45, 2.75) is 13.0 Å². The molecule has 0 aliphatic carbocycles. The first-order chi connectivity index (χ1) is 8.78. The zero-order chi connectivity index (χ0) is 12.8. The zero-order valence-electron chi connectivity index (χ0n) is 10.2. The van der Waals surface area contributed by atoms with Crippen LogP contribution in [-0.2, 0) is 17.8 Å². The Labute approximate surface area is 106 Å². The smallest absolute Gasteiger partial charge is 0.224 e. The van der Waals surface area contributed by atoms with Crippen LogP contribution in [0.3, 0.4) is 0 Å². The topological polar surface area (TPSA) is 69.8 Å². The van der Waals surface area contributed by atoms with Crippen molar-refractivity contribution in [3.63, 3.8) is 0 Å². The first-order valence-electron chi connectivity index (χ1n) is 5.79. The molecular weight excluding hydrogens is 228 g/mol. The second-order valence-electron chi connectivity index (χ2n) is 3.94. The van der Waals surface area contributed by atoms with Crippen LogP contribution >= 0.6 is 0 Å². The summed E-state index contributed by atoms with van der Waals surface area (Å²) in [6.45, 7) is 0.655.